The van der Waals surface area contributed by atoms with Crippen molar-refractivity contribution >= 4 is 44.9 Å². The van der Waals surface area contributed by atoms with E-state index in [1.54, 1.807) is 18.2 Å². The van der Waals surface area contributed by atoms with Crippen LogP contribution in [0.5, 0.6) is 11.5 Å². The zero-order chi connectivity index (χ0) is 18.8. The van der Waals surface area contributed by atoms with E-state index in [-0.39, 0.29) is 17.2 Å². The number of hydrogen-bond donors (Lipinski definition) is 2. The van der Waals surface area contributed by atoms with Gasteiger partial charge in [-0.25, -0.2) is 4.98 Å². The van der Waals surface area contributed by atoms with Crippen LogP contribution in [0.4, 0.5) is 5.69 Å². The van der Waals surface area contributed by atoms with Crippen LogP contribution < -0.4 is 20.3 Å². The van der Waals surface area contributed by atoms with Gasteiger partial charge in [-0.1, -0.05) is 0 Å². The molecule has 1 amide bonds. The van der Waals surface area contributed by atoms with Crippen LogP contribution in [0.25, 0.3) is 10.2 Å². The van der Waals surface area contributed by atoms with Gasteiger partial charge in [-0.15, -0.1) is 23.1 Å². The van der Waals surface area contributed by atoms with Crippen LogP contribution in [0.3, 0.4) is 0 Å². The maximum absolute atomic E-state index is 12.2. The number of fused-ring (bicyclic) bond motifs is 2. The molecule has 0 fully saturated rings. The second kappa shape index (κ2) is 7.61. The normalized spacial score (nSPS) is 12.9. The van der Waals surface area contributed by atoms with E-state index in [0.717, 1.165) is 9.71 Å². The van der Waals surface area contributed by atoms with Crippen molar-refractivity contribution < 1.29 is 14.3 Å². The van der Waals surface area contributed by atoms with E-state index in [9.17, 15) is 9.59 Å². The molecule has 4 rings (SSSR count). The summed E-state index contributed by atoms with van der Waals surface area (Å²) in [6, 6.07) is 7.15. The lowest BCUT2D eigenvalue weighted by Crippen LogP contribution is -2.17. The summed E-state index contributed by atoms with van der Waals surface area (Å²) in [5.41, 5.74) is 0.521. The minimum absolute atomic E-state index is 0.132. The Morgan fingerprint density at radius 3 is 2.96 bits per heavy atom. The van der Waals surface area contributed by atoms with E-state index in [2.05, 4.69) is 15.3 Å². The number of rotatable bonds is 5. The highest BCUT2D eigenvalue weighted by Gasteiger charge is 2.13. The Morgan fingerprint density at radius 1 is 1.30 bits per heavy atom. The molecule has 0 saturated heterocycles. The number of aromatic nitrogens is 2. The Labute approximate surface area is 163 Å². The fourth-order valence-electron chi connectivity index (χ4n) is 2.72. The molecule has 3 aromatic rings. The first kappa shape index (κ1) is 17.9. The molecule has 140 valence electrons. The maximum Gasteiger partial charge on any atom is 0.259 e. The second-order valence-corrected chi connectivity index (χ2v) is 8.21. The molecule has 2 aromatic heterocycles. The molecule has 0 aliphatic carbocycles. The molecule has 3 heterocycles. The zero-order valence-electron chi connectivity index (χ0n) is 14.5. The van der Waals surface area contributed by atoms with Crippen molar-refractivity contribution in [1.29, 1.82) is 0 Å². The van der Waals surface area contributed by atoms with E-state index in [0.29, 0.717) is 47.4 Å². The number of aryl methyl sites for hydroxylation is 1. The van der Waals surface area contributed by atoms with Gasteiger partial charge in [0.2, 0.25) is 5.91 Å². The number of nitrogens with zero attached hydrogens (tertiary/aromatic N) is 1. The number of nitrogens with one attached hydrogen (secondary N) is 2. The van der Waals surface area contributed by atoms with Gasteiger partial charge in [0.25, 0.3) is 5.56 Å². The molecule has 0 radical (unpaired) electrons. The third kappa shape index (κ3) is 4.09. The van der Waals surface area contributed by atoms with Crippen molar-refractivity contribution in [2.24, 2.45) is 0 Å². The van der Waals surface area contributed by atoms with E-state index in [1.165, 1.54) is 23.1 Å². The smallest absolute Gasteiger partial charge is 0.259 e. The van der Waals surface area contributed by atoms with Crippen LogP contribution in [0.15, 0.2) is 29.1 Å². The number of benzene rings is 1. The van der Waals surface area contributed by atoms with Crippen molar-refractivity contribution in [2.45, 2.75) is 12.7 Å². The van der Waals surface area contributed by atoms with E-state index < -0.39 is 0 Å². The number of hydrogen-bond acceptors (Lipinski definition) is 7. The molecule has 9 heteroatoms. The Morgan fingerprint density at radius 2 is 2.11 bits per heavy atom. The van der Waals surface area contributed by atoms with Gasteiger partial charge in [0.05, 0.1) is 16.9 Å². The molecule has 0 spiro atoms. The van der Waals surface area contributed by atoms with Gasteiger partial charge in [-0.3, -0.25) is 9.59 Å². The lowest BCUT2D eigenvalue weighted by Gasteiger charge is -2.19. The van der Waals surface area contributed by atoms with Gasteiger partial charge in [-0.05, 0) is 25.1 Å². The van der Waals surface area contributed by atoms with Gasteiger partial charge in [0, 0.05) is 16.6 Å². The molecule has 0 atom stereocenters. The van der Waals surface area contributed by atoms with Crippen molar-refractivity contribution in [1.82, 2.24) is 9.97 Å². The molecule has 0 bridgehead atoms. The van der Waals surface area contributed by atoms with Crippen LogP contribution in [0.2, 0.25) is 0 Å². The molecule has 1 aliphatic heterocycles. The van der Waals surface area contributed by atoms with Gasteiger partial charge in [0.15, 0.2) is 11.5 Å². The quantitative estimate of drug-likeness (QED) is 0.680. The monoisotopic (exact) mass is 403 g/mol. The van der Waals surface area contributed by atoms with E-state index in [1.807, 2.05) is 13.0 Å². The Bertz CT molecular complexity index is 1060. The number of carbonyl (C=O) groups is 1. The summed E-state index contributed by atoms with van der Waals surface area (Å²) in [7, 11) is 0. The summed E-state index contributed by atoms with van der Waals surface area (Å²) in [5, 5.41) is 3.45. The molecule has 27 heavy (non-hydrogen) atoms. The summed E-state index contributed by atoms with van der Waals surface area (Å²) < 4.78 is 11.0. The first-order valence-electron chi connectivity index (χ1n) is 8.35. The maximum atomic E-state index is 12.2. The third-order valence-corrected chi connectivity index (χ3v) is 5.76. The number of anilines is 1. The highest BCUT2D eigenvalue weighted by atomic mass is 32.2. The first-order chi connectivity index (χ1) is 13.1. The molecule has 2 N–H and O–H groups in total. The minimum atomic E-state index is -0.138. The van der Waals surface area contributed by atoms with E-state index in [4.69, 9.17) is 9.47 Å². The van der Waals surface area contributed by atoms with Gasteiger partial charge in [0.1, 0.15) is 23.9 Å². The van der Waals surface area contributed by atoms with Crippen molar-refractivity contribution in [3.8, 4) is 11.5 Å². The number of thiophene rings is 1. The fourth-order valence-corrected chi connectivity index (χ4v) is 4.31. The second-order valence-electron chi connectivity index (χ2n) is 5.99. The SMILES string of the molecule is Cc1cc2c(=O)[nH]c(CSCC(=O)Nc3ccc4c(c3)OCCO4)nc2s1. The lowest BCUT2D eigenvalue weighted by atomic mass is 10.2. The van der Waals surface area contributed by atoms with Crippen LogP contribution >= 0.6 is 23.1 Å². The van der Waals surface area contributed by atoms with Crippen LogP contribution in [-0.2, 0) is 10.5 Å². The molecule has 0 unspecified atom stereocenters. The topological polar surface area (TPSA) is 93.3 Å². The predicted octanol–water partition coefficient (Wildman–Crippen LogP) is 2.94. The third-order valence-electron chi connectivity index (χ3n) is 3.87. The van der Waals surface area contributed by atoms with Gasteiger partial charge in [-0.2, -0.15) is 0 Å². The molecular formula is C18H17N3O4S2. The summed E-state index contributed by atoms with van der Waals surface area (Å²) in [5.74, 6) is 2.46. The van der Waals surface area contributed by atoms with Gasteiger partial charge >= 0.3 is 0 Å². The average molecular weight is 403 g/mol. The number of ether oxygens (including phenoxy) is 2. The predicted molar refractivity (Wildman–Crippen MR) is 107 cm³/mol. The number of aromatic amines is 1. The molecule has 7 nitrogen and oxygen atoms in total. The number of H-pyrrole nitrogens is 1. The summed E-state index contributed by atoms with van der Waals surface area (Å²) in [6.45, 7) is 2.98. The number of thioether (sulfide) groups is 1. The van der Waals surface area contributed by atoms with Crippen LogP contribution in [0, 0.1) is 6.92 Å². The minimum Gasteiger partial charge on any atom is -0.486 e. The number of carbonyl (C=O) groups excluding carboxylic acids is 1. The molecular weight excluding hydrogens is 386 g/mol. The number of amides is 1. The highest BCUT2D eigenvalue weighted by molar-refractivity contribution is 7.99. The summed E-state index contributed by atoms with van der Waals surface area (Å²) in [6.07, 6.45) is 0. The Hall–Kier alpha value is -2.52. The first-order valence-corrected chi connectivity index (χ1v) is 10.3. The zero-order valence-corrected chi connectivity index (χ0v) is 16.2. The van der Waals surface area contributed by atoms with Crippen LogP contribution in [0.1, 0.15) is 10.7 Å². The molecule has 0 saturated carbocycles. The Kier molecular flexibility index (Phi) is 5.04. The average Bonchev–Trinajstić information content (AvgIpc) is 3.02. The van der Waals surface area contributed by atoms with E-state index >= 15 is 0 Å². The standard InChI is InChI=1S/C18H17N3O4S2/c1-10-6-12-17(23)20-15(21-18(12)27-10)8-26-9-16(22)19-11-2-3-13-14(7-11)25-5-4-24-13/h2-3,6-7H,4-5,8-9H2,1H3,(H,19,22)(H,20,21,23). The van der Waals surface area contributed by atoms with Gasteiger partial charge < -0.3 is 19.8 Å². The fraction of sp³-hybridized carbons (Fsp3) is 0.278. The summed E-state index contributed by atoms with van der Waals surface area (Å²) >= 11 is 2.88. The lowest BCUT2D eigenvalue weighted by molar-refractivity contribution is -0.113. The van der Waals surface area contributed by atoms with Crippen molar-refractivity contribution in [3.63, 3.8) is 0 Å². The van der Waals surface area contributed by atoms with Crippen molar-refractivity contribution in [2.75, 3.05) is 24.3 Å². The molecule has 1 aromatic carbocycles. The Balaban J connectivity index is 1.34. The van der Waals surface area contributed by atoms with Crippen LogP contribution in [-0.4, -0.2) is 34.8 Å². The van der Waals surface area contributed by atoms with Crippen molar-refractivity contribution in [3.05, 3.63) is 45.3 Å². The largest absolute Gasteiger partial charge is 0.486 e. The molecule has 1 aliphatic rings. The summed E-state index contributed by atoms with van der Waals surface area (Å²) in [4.78, 5) is 33.2. The highest BCUT2D eigenvalue weighted by Crippen LogP contribution is 2.32.